The molecule has 2 N–H and O–H groups in total. The number of aliphatic imine (C=N–C) groups is 1. The summed E-state index contributed by atoms with van der Waals surface area (Å²) in [5.74, 6) is 0.960. The largest absolute Gasteiger partial charge is 0.357 e. The lowest BCUT2D eigenvalue weighted by Gasteiger charge is -2.40. The second kappa shape index (κ2) is 9.33. The smallest absolute Gasteiger partial charge is 0.306 e. The normalized spacial score (nSPS) is 22.5. The Labute approximate surface area is 174 Å². The lowest BCUT2D eigenvalue weighted by Crippen LogP contribution is -2.51. The standard InChI is InChI=1S/C16H25N7O3.HI/c1-2-17-15(18-5-7-22-10-13(9-20-22)23(25)26)21-6-3-4-16(12-21)8-14(24)19-11-16;/h9-10H,2-8,11-12H2,1H3,(H,17,18)(H,19,24);1H. The predicted molar refractivity (Wildman–Crippen MR) is 111 cm³/mol. The second-order valence-corrected chi connectivity index (χ2v) is 6.93. The van der Waals surface area contributed by atoms with Crippen molar-refractivity contribution in [3.05, 3.63) is 22.5 Å². The zero-order valence-corrected chi connectivity index (χ0v) is 17.7. The Balaban J connectivity index is 0.00000261. The van der Waals surface area contributed by atoms with Gasteiger partial charge < -0.3 is 15.5 Å². The van der Waals surface area contributed by atoms with Crippen LogP contribution in [0.3, 0.4) is 0 Å². The highest BCUT2D eigenvalue weighted by Crippen LogP contribution is 2.35. The number of nitrogens with zero attached hydrogens (tertiary/aromatic N) is 5. The molecule has 1 aromatic rings. The summed E-state index contributed by atoms with van der Waals surface area (Å²) in [7, 11) is 0. The van der Waals surface area contributed by atoms with Crippen LogP contribution >= 0.6 is 24.0 Å². The minimum absolute atomic E-state index is 0. The molecule has 0 bridgehead atoms. The summed E-state index contributed by atoms with van der Waals surface area (Å²) in [6, 6.07) is 0. The van der Waals surface area contributed by atoms with Crippen LogP contribution in [0.2, 0.25) is 0 Å². The van der Waals surface area contributed by atoms with Gasteiger partial charge in [-0.3, -0.25) is 24.6 Å². The first-order valence-corrected chi connectivity index (χ1v) is 8.98. The molecule has 10 nitrogen and oxygen atoms in total. The fourth-order valence-electron chi connectivity index (χ4n) is 3.68. The van der Waals surface area contributed by atoms with Crippen LogP contribution in [0.5, 0.6) is 0 Å². The highest BCUT2D eigenvalue weighted by Gasteiger charge is 2.42. The highest BCUT2D eigenvalue weighted by atomic mass is 127. The number of aromatic nitrogens is 2. The van der Waals surface area contributed by atoms with Crippen molar-refractivity contribution in [2.24, 2.45) is 10.4 Å². The van der Waals surface area contributed by atoms with Crippen molar-refractivity contribution < 1.29 is 9.72 Å². The van der Waals surface area contributed by atoms with Crippen LogP contribution in [0.4, 0.5) is 5.69 Å². The third-order valence-electron chi connectivity index (χ3n) is 4.91. The molecule has 0 aliphatic carbocycles. The molecule has 1 atom stereocenters. The van der Waals surface area contributed by atoms with Gasteiger partial charge in [0.15, 0.2) is 5.96 Å². The Morgan fingerprint density at radius 2 is 2.37 bits per heavy atom. The lowest BCUT2D eigenvalue weighted by atomic mass is 9.79. The highest BCUT2D eigenvalue weighted by molar-refractivity contribution is 14.0. The van der Waals surface area contributed by atoms with Crippen molar-refractivity contribution in [3.8, 4) is 0 Å². The van der Waals surface area contributed by atoms with Gasteiger partial charge in [0.1, 0.15) is 12.4 Å². The van der Waals surface area contributed by atoms with Crippen molar-refractivity contribution in [2.75, 3.05) is 32.7 Å². The van der Waals surface area contributed by atoms with Crippen molar-refractivity contribution in [1.82, 2.24) is 25.3 Å². The molecule has 0 aromatic carbocycles. The first-order valence-electron chi connectivity index (χ1n) is 8.98. The van der Waals surface area contributed by atoms with Crippen LogP contribution in [0, 0.1) is 15.5 Å². The number of likely N-dealkylation sites (tertiary alicyclic amines) is 1. The summed E-state index contributed by atoms with van der Waals surface area (Å²) >= 11 is 0. The van der Waals surface area contributed by atoms with Gasteiger partial charge in [0.2, 0.25) is 5.91 Å². The molecule has 150 valence electrons. The van der Waals surface area contributed by atoms with E-state index in [0.717, 1.165) is 45.0 Å². The topological polar surface area (TPSA) is 118 Å². The van der Waals surface area contributed by atoms with E-state index in [1.807, 2.05) is 6.92 Å². The van der Waals surface area contributed by atoms with Gasteiger partial charge in [0.05, 0.1) is 18.0 Å². The maximum atomic E-state index is 11.7. The fourth-order valence-corrected chi connectivity index (χ4v) is 3.68. The number of nitro groups is 1. The van der Waals surface area contributed by atoms with Gasteiger partial charge in [0, 0.05) is 38.0 Å². The van der Waals surface area contributed by atoms with E-state index < -0.39 is 4.92 Å². The Bertz CT molecular complexity index is 708. The zero-order chi connectivity index (χ0) is 18.6. The molecular formula is C16H26IN7O3. The first kappa shape index (κ1) is 21.4. The van der Waals surface area contributed by atoms with Crippen LogP contribution in [-0.4, -0.2) is 64.2 Å². The van der Waals surface area contributed by atoms with E-state index in [1.54, 1.807) is 0 Å². The number of rotatable bonds is 5. The van der Waals surface area contributed by atoms with Gasteiger partial charge in [-0.2, -0.15) is 5.10 Å². The number of amides is 1. The molecule has 1 unspecified atom stereocenters. The van der Waals surface area contributed by atoms with Crippen molar-refractivity contribution >= 4 is 41.5 Å². The van der Waals surface area contributed by atoms with Crippen molar-refractivity contribution in [2.45, 2.75) is 32.7 Å². The van der Waals surface area contributed by atoms with Gasteiger partial charge >= 0.3 is 5.69 Å². The van der Waals surface area contributed by atoms with E-state index in [4.69, 9.17) is 0 Å². The summed E-state index contributed by atoms with van der Waals surface area (Å²) in [6.45, 7) is 6.18. The SMILES string of the molecule is CCNC(=NCCn1cc([N+](=O)[O-])cn1)N1CCCC2(CNC(=O)C2)C1.I. The Kier molecular flexibility index (Phi) is 7.39. The molecule has 1 spiro atoms. The van der Waals surface area contributed by atoms with E-state index >= 15 is 0 Å². The van der Waals surface area contributed by atoms with E-state index in [1.165, 1.54) is 17.1 Å². The van der Waals surface area contributed by atoms with Gasteiger partial charge in [-0.05, 0) is 19.8 Å². The molecule has 11 heteroatoms. The number of carbonyl (C=O) groups excluding carboxylic acids is 1. The Morgan fingerprint density at radius 1 is 1.56 bits per heavy atom. The van der Waals surface area contributed by atoms with Crippen LogP contribution < -0.4 is 10.6 Å². The molecule has 0 radical (unpaired) electrons. The molecule has 27 heavy (non-hydrogen) atoms. The van der Waals surface area contributed by atoms with Crippen molar-refractivity contribution in [1.29, 1.82) is 0 Å². The van der Waals surface area contributed by atoms with Gasteiger partial charge in [-0.1, -0.05) is 0 Å². The van der Waals surface area contributed by atoms with Crippen LogP contribution in [-0.2, 0) is 11.3 Å². The number of carbonyl (C=O) groups is 1. The lowest BCUT2D eigenvalue weighted by molar-refractivity contribution is -0.385. The third-order valence-corrected chi connectivity index (χ3v) is 4.91. The maximum Gasteiger partial charge on any atom is 0.306 e. The molecule has 0 saturated carbocycles. The third kappa shape index (κ3) is 5.30. The molecule has 2 aliphatic heterocycles. The summed E-state index contributed by atoms with van der Waals surface area (Å²) < 4.78 is 1.53. The maximum absolute atomic E-state index is 11.7. The number of piperidine rings is 1. The summed E-state index contributed by atoms with van der Waals surface area (Å²) in [6.07, 6.45) is 5.32. The van der Waals surface area contributed by atoms with E-state index in [-0.39, 0.29) is 41.0 Å². The summed E-state index contributed by atoms with van der Waals surface area (Å²) in [5, 5.41) is 21.0. The van der Waals surface area contributed by atoms with Crippen molar-refractivity contribution in [3.63, 3.8) is 0 Å². The van der Waals surface area contributed by atoms with Gasteiger partial charge in [-0.25, -0.2) is 0 Å². The summed E-state index contributed by atoms with van der Waals surface area (Å²) in [4.78, 5) is 28.8. The first-order chi connectivity index (χ1) is 12.5. The number of hydrogen-bond acceptors (Lipinski definition) is 5. The van der Waals surface area contributed by atoms with Gasteiger partial charge in [-0.15, -0.1) is 24.0 Å². The summed E-state index contributed by atoms with van der Waals surface area (Å²) in [5.41, 5.74) is -0.00837. The van der Waals surface area contributed by atoms with E-state index in [0.29, 0.717) is 19.5 Å². The average molecular weight is 491 g/mol. The number of hydrogen-bond donors (Lipinski definition) is 2. The number of halogens is 1. The van der Waals surface area contributed by atoms with E-state index in [2.05, 4.69) is 25.6 Å². The van der Waals surface area contributed by atoms with Crippen LogP contribution in [0.1, 0.15) is 26.2 Å². The molecular weight excluding hydrogens is 465 g/mol. The predicted octanol–water partition coefficient (Wildman–Crippen LogP) is 0.977. The molecule has 1 aromatic heterocycles. The molecule has 3 rings (SSSR count). The number of nitrogens with one attached hydrogen (secondary N) is 2. The second-order valence-electron chi connectivity index (χ2n) is 6.93. The molecule has 3 heterocycles. The Morgan fingerprint density at radius 3 is 3.00 bits per heavy atom. The molecule has 2 aliphatic rings. The average Bonchev–Trinajstić information content (AvgIpc) is 3.22. The minimum atomic E-state index is -0.457. The zero-order valence-electron chi connectivity index (χ0n) is 15.4. The molecule has 1 amide bonds. The number of guanidine groups is 1. The van der Waals surface area contributed by atoms with Gasteiger partial charge in [0.25, 0.3) is 0 Å². The monoisotopic (exact) mass is 491 g/mol. The molecule has 2 fully saturated rings. The quantitative estimate of drug-likeness (QED) is 0.209. The van der Waals surface area contributed by atoms with E-state index in [9.17, 15) is 14.9 Å². The minimum Gasteiger partial charge on any atom is -0.357 e. The van der Waals surface area contributed by atoms with Crippen LogP contribution in [0.25, 0.3) is 0 Å². The van der Waals surface area contributed by atoms with Crippen LogP contribution in [0.15, 0.2) is 17.4 Å². The molecule has 2 saturated heterocycles. The fraction of sp³-hybridized carbons (Fsp3) is 0.688. The Hall–Kier alpha value is -1.92.